The molecule has 0 spiro atoms. The summed E-state index contributed by atoms with van der Waals surface area (Å²) in [4.78, 5) is 37.4. The fourth-order valence-corrected chi connectivity index (χ4v) is 2.31. The van der Waals surface area contributed by atoms with Gasteiger partial charge in [-0.2, -0.15) is 0 Å². The number of carbonyl (C=O) groups is 3. The van der Waals surface area contributed by atoms with Crippen LogP contribution in [-0.2, 0) is 14.4 Å². The van der Waals surface area contributed by atoms with Crippen molar-refractivity contribution in [2.24, 2.45) is 22.7 Å². The van der Waals surface area contributed by atoms with Crippen LogP contribution in [0.1, 0.15) is 61.3 Å². The minimum Gasteiger partial charge on any atom is -0.396 e. The minimum absolute atomic E-state index is 0.0739. The van der Waals surface area contributed by atoms with E-state index in [0.717, 1.165) is 0 Å². The van der Waals surface area contributed by atoms with Crippen LogP contribution in [0.5, 0.6) is 0 Å². The lowest BCUT2D eigenvalue weighted by molar-refractivity contribution is -0.167. The van der Waals surface area contributed by atoms with Gasteiger partial charge < -0.3 is 20.8 Å². The molecule has 6 N–H and O–H groups in total. The van der Waals surface area contributed by atoms with Gasteiger partial charge in [-0.05, 0) is 18.8 Å². The summed E-state index contributed by atoms with van der Waals surface area (Å²) >= 11 is 0. The van der Waals surface area contributed by atoms with Crippen molar-refractivity contribution in [1.82, 2.24) is 16.1 Å². The van der Waals surface area contributed by atoms with Crippen LogP contribution in [0.2, 0.25) is 0 Å². The lowest BCUT2D eigenvalue weighted by Gasteiger charge is -2.40. The minimum atomic E-state index is -2.30. The first-order valence-corrected chi connectivity index (χ1v) is 9.49. The lowest BCUT2D eigenvalue weighted by atomic mass is 9.81. The number of hydrogen-bond donors (Lipinski definition) is 6. The third-order valence-corrected chi connectivity index (χ3v) is 4.65. The molecule has 0 aliphatic rings. The van der Waals surface area contributed by atoms with E-state index in [4.69, 9.17) is 5.21 Å². The second-order valence-electron chi connectivity index (χ2n) is 9.45. The molecule has 0 rings (SSSR count). The third-order valence-electron chi connectivity index (χ3n) is 4.65. The second kappa shape index (κ2) is 10.2. The van der Waals surface area contributed by atoms with E-state index < -0.39 is 40.2 Å². The Morgan fingerprint density at radius 3 is 1.89 bits per heavy atom. The first-order chi connectivity index (χ1) is 12.6. The summed E-state index contributed by atoms with van der Waals surface area (Å²) in [6.07, 6.45) is 0.686. The molecule has 28 heavy (non-hydrogen) atoms. The van der Waals surface area contributed by atoms with Gasteiger partial charge in [0, 0.05) is 24.0 Å². The van der Waals surface area contributed by atoms with Crippen molar-refractivity contribution in [2.75, 3.05) is 13.2 Å². The summed E-state index contributed by atoms with van der Waals surface area (Å²) < 4.78 is 0. The molecule has 9 nitrogen and oxygen atoms in total. The van der Waals surface area contributed by atoms with Crippen molar-refractivity contribution in [2.45, 2.75) is 67.0 Å². The van der Waals surface area contributed by atoms with Crippen LogP contribution in [-0.4, -0.2) is 52.0 Å². The van der Waals surface area contributed by atoms with E-state index in [1.807, 2.05) is 13.8 Å². The monoisotopic (exact) mass is 403 g/mol. The first-order valence-electron chi connectivity index (χ1n) is 9.49. The summed E-state index contributed by atoms with van der Waals surface area (Å²) in [5, 5.41) is 34.1. The summed E-state index contributed by atoms with van der Waals surface area (Å²) in [6, 6.07) is 0. The van der Waals surface area contributed by atoms with Gasteiger partial charge in [0.25, 0.3) is 11.8 Å². The van der Waals surface area contributed by atoms with Gasteiger partial charge in [0.2, 0.25) is 11.6 Å². The van der Waals surface area contributed by atoms with Crippen LogP contribution in [0.15, 0.2) is 0 Å². The molecule has 0 heterocycles. The highest BCUT2D eigenvalue weighted by atomic mass is 16.5. The van der Waals surface area contributed by atoms with Gasteiger partial charge in [0.15, 0.2) is 0 Å². The van der Waals surface area contributed by atoms with E-state index in [9.17, 15) is 24.6 Å². The Morgan fingerprint density at radius 1 is 0.964 bits per heavy atom. The highest BCUT2D eigenvalue weighted by Crippen LogP contribution is 2.29. The maximum atomic E-state index is 12.7. The van der Waals surface area contributed by atoms with Crippen molar-refractivity contribution in [1.29, 1.82) is 0 Å². The molecule has 0 aliphatic heterocycles. The normalized spacial score (nSPS) is 15.5. The summed E-state index contributed by atoms with van der Waals surface area (Å²) in [6.45, 7) is 11.9. The molecule has 0 aromatic heterocycles. The van der Waals surface area contributed by atoms with E-state index in [2.05, 4.69) is 10.6 Å². The van der Waals surface area contributed by atoms with Crippen LogP contribution >= 0.6 is 0 Å². The predicted molar refractivity (Wildman–Crippen MR) is 104 cm³/mol. The Kier molecular flexibility index (Phi) is 9.56. The Labute approximate surface area is 167 Å². The molecule has 0 radical (unpaired) electrons. The molecule has 0 bridgehead atoms. The number of hydroxylamine groups is 1. The molecule has 3 amide bonds. The maximum Gasteiger partial charge on any atom is 0.273 e. The van der Waals surface area contributed by atoms with Crippen molar-refractivity contribution in [3.8, 4) is 0 Å². The van der Waals surface area contributed by atoms with Crippen molar-refractivity contribution >= 4 is 17.7 Å². The molecule has 0 saturated carbocycles. The fraction of sp³-hybridized carbons (Fsp3) is 0.842. The SMILES string of the molecule is CC(C)CC[C@H](C(=O)NO)C(=O)N[C@@](O)(C(=O)NCC(C)(C)CO)C(C)(C)C. The van der Waals surface area contributed by atoms with E-state index in [1.165, 1.54) is 5.48 Å². The Bertz CT molecular complexity index is 556. The first kappa shape index (κ1) is 26.3. The zero-order chi connectivity index (χ0) is 22.3. The molecule has 2 atom stereocenters. The van der Waals surface area contributed by atoms with Gasteiger partial charge in [-0.3, -0.25) is 19.6 Å². The fourth-order valence-electron chi connectivity index (χ4n) is 2.31. The van der Waals surface area contributed by atoms with Gasteiger partial charge in [-0.25, -0.2) is 5.48 Å². The standard InChI is InChI=1S/C19H37N3O6/c1-12(2)8-9-13(15(25)22-28)14(24)21-19(27,17(3,4)5)16(26)20-10-18(6,7)11-23/h12-13,23,27-28H,8-11H2,1-7H3,(H,20,26)(H,21,24)(H,22,25)/t13-,19+/m0/s1. The highest BCUT2D eigenvalue weighted by molar-refractivity contribution is 6.02. The lowest BCUT2D eigenvalue weighted by Crippen LogP contribution is -2.67. The predicted octanol–water partition coefficient (Wildman–Crippen LogP) is 0.530. The quantitative estimate of drug-likeness (QED) is 0.136. The molecule has 164 valence electrons. The second-order valence-corrected chi connectivity index (χ2v) is 9.45. The molecule has 0 aromatic carbocycles. The number of aliphatic hydroxyl groups is 2. The molecular weight excluding hydrogens is 366 g/mol. The summed E-state index contributed by atoms with van der Waals surface area (Å²) in [5.74, 6) is -3.66. The number of amides is 3. The van der Waals surface area contributed by atoms with Gasteiger partial charge in [0.1, 0.15) is 5.92 Å². The van der Waals surface area contributed by atoms with E-state index in [0.29, 0.717) is 6.42 Å². The van der Waals surface area contributed by atoms with E-state index in [-0.39, 0.29) is 25.5 Å². The molecule has 9 heteroatoms. The molecule has 0 unspecified atom stereocenters. The molecular formula is C19H37N3O6. The zero-order valence-corrected chi connectivity index (χ0v) is 18.0. The number of rotatable bonds is 10. The molecule has 0 aromatic rings. The molecule has 0 aliphatic carbocycles. The maximum absolute atomic E-state index is 12.7. The van der Waals surface area contributed by atoms with Crippen LogP contribution in [0.25, 0.3) is 0 Å². The number of nitrogens with one attached hydrogen (secondary N) is 3. The molecule has 0 saturated heterocycles. The van der Waals surface area contributed by atoms with Crippen molar-refractivity contribution in [3.63, 3.8) is 0 Å². The average Bonchev–Trinajstić information content (AvgIpc) is 2.58. The number of carbonyl (C=O) groups excluding carboxylic acids is 3. The van der Waals surface area contributed by atoms with Gasteiger partial charge in [-0.1, -0.05) is 48.5 Å². The number of hydrogen-bond acceptors (Lipinski definition) is 6. The largest absolute Gasteiger partial charge is 0.396 e. The smallest absolute Gasteiger partial charge is 0.273 e. The topological polar surface area (TPSA) is 148 Å². The molecule has 0 fully saturated rings. The number of aliphatic hydroxyl groups excluding tert-OH is 1. The Morgan fingerprint density at radius 2 is 1.50 bits per heavy atom. The zero-order valence-electron chi connectivity index (χ0n) is 18.0. The van der Waals surface area contributed by atoms with E-state index >= 15 is 0 Å². The van der Waals surface area contributed by atoms with Gasteiger partial charge >= 0.3 is 0 Å². The van der Waals surface area contributed by atoms with Crippen molar-refractivity contribution in [3.05, 3.63) is 0 Å². The third kappa shape index (κ3) is 7.37. The Hall–Kier alpha value is -1.71. The van der Waals surface area contributed by atoms with Crippen LogP contribution in [0.4, 0.5) is 0 Å². The Balaban J connectivity index is 5.56. The average molecular weight is 404 g/mol. The van der Waals surface area contributed by atoms with E-state index in [1.54, 1.807) is 34.6 Å². The van der Waals surface area contributed by atoms with Crippen LogP contribution in [0.3, 0.4) is 0 Å². The van der Waals surface area contributed by atoms with Crippen molar-refractivity contribution < 1.29 is 29.8 Å². The highest BCUT2D eigenvalue weighted by Gasteiger charge is 2.49. The van der Waals surface area contributed by atoms with Gasteiger partial charge in [0.05, 0.1) is 0 Å². The summed E-state index contributed by atoms with van der Waals surface area (Å²) in [5.41, 5.74) is -2.56. The van der Waals surface area contributed by atoms with Gasteiger partial charge in [-0.15, -0.1) is 0 Å². The summed E-state index contributed by atoms with van der Waals surface area (Å²) in [7, 11) is 0. The van der Waals surface area contributed by atoms with Crippen LogP contribution in [0, 0.1) is 22.7 Å². The van der Waals surface area contributed by atoms with Crippen LogP contribution < -0.4 is 16.1 Å².